The van der Waals surface area contributed by atoms with Gasteiger partial charge in [0.25, 0.3) is 0 Å². The van der Waals surface area contributed by atoms with E-state index in [1.165, 1.54) is 0 Å². The van der Waals surface area contributed by atoms with Crippen LogP contribution in [0.2, 0.25) is 0 Å². The number of halogens is 2. The van der Waals surface area contributed by atoms with E-state index in [9.17, 15) is 8.42 Å². The van der Waals surface area contributed by atoms with Crippen LogP contribution in [0.5, 0.6) is 0 Å². The first-order valence-electron chi connectivity index (χ1n) is 6.26. The molecule has 21 heavy (non-hydrogen) atoms. The Bertz CT molecular complexity index is 723. The Morgan fingerprint density at radius 2 is 1.29 bits per heavy atom. The number of sulfonamides is 1. The second-order valence-electron chi connectivity index (χ2n) is 5.19. The molecule has 0 heterocycles. The molecule has 0 aliphatic carbocycles. The van der Waals surface area contributed by atoms with Crippen molar-refractivity contribution < 1.29 is 8.42 Å². The average molecular weight is 433 g/mol. The fraction of sp³-hybridized carbons (Fsp3) is 0.200. The lowest BCUT2D eigenvalue weighted by molar-refractivity contribution is 0.472. The SMILES string of the molecule is CC(C)(NS(=O)(=O)c1ccc(Br)cc1)c1ccc(Br)cc1. The number of rotatable bonds is 4. The highest BCUT2D eigenvalue weighted by Crippen LogP contribution is 2.25. The summed E-state index contributed by atoms with van der Waals surface area (Å²) < 4.78 is 29.5. The van der Waals surface area contributed by atoms with Crippen molar-refractivity contribution in [2.24, 2.45) is 0 Å². The molecule has 0 aliphatic rings. The maximum atomic E-state index is 12.5. The number of nitrogens with one attached hydrogen (secondary N) is 1. The minimum atomic E-state index is -3.58. The lowest BCUT2D eigenvalue weighted by Gasteiger charge is -2.26. The predicted octanol–water partition coefficient (Wildman–Crippen LogP) is 4.43. The van der Waals surface area contributed by atoms with E-state index >= 15 is 0 Å². The minimum Gasteiger partial charge on any atom is -0.207 e. The van der Waals surface area contributed by atoms with Crippen molar-refractivity contribution in [1.82, 2.24) is 4.72 Å². The zero-order chi connectivity index (χ0) is 15.7. The summed E-state index contributed by atoms with van der Waals surface area (Å²) in [6, 6.07) is 14.1. The highest BCUT2D eigenvalue weighted by molar-refractivity contribution is 9.10. The molecule has 0 spiro atoms. The molecule has 0 aromatic heterocycles. The van der Waals surface area contributed by atoms with Crippen LogP contribution in [-0.2, 0) is 15.6 Å². The quantitative estimate of drug-likeness (QED) is 0.776. The van der Waals surface area contributed by atoms with Gasteiger partial charge in [0.05, 0.1) is 10.4 Å². The van der Waals surface area contributed by atoms with Gasteiger partial charge in [-0.15, -0.1) is 0 Å². The van der Waals surface area contributed by atoms with Crippen LogP contribution >= 0.6 is 31.9 Å². The lowest BCUT2D eigenvalue weighted by atomic mass is 9.96. The van der Waals surface area contributed by atoms with Crippen LogP contribution in [0.15, 0.2) is 62.4 Å². The third kappa shape index (κ3) is 4.16. The minimum absolute atomic E-state index is 0.246. The molecule has 112 valence electrons. The molecular formula is C15H15Br2NO2S. The van der Waals surface area contributed by atoms with Gasteiger partial charge in [0.2, 0.25) is 10.0 Å². The van der Waals surface area contributed by atoms with E-state index in [1.807, 2.05) is 38.1 Å². The maximum Gasteiger partial charge on any atom is 0.241 e. The van der Waals surface area contributed by atoms with Crippen molar-refractivity contribution in [3.8, 4) is 0 Å². The number of benzene rings is 2. The van der Waals surface area contributed by atoms with Gasteiger partial charge >= 0.3 is 0 Å². The smallest absolute Gasteiger partial charge is 0.207 e. The standard InChI is InChI=1S/C15H15Br2NO2S/c1-15(2,11-3-5-12(16)6-4-11)18-21(19,20)14-9-7-13(17)8-10-14/h3-10,18H,1-2H3. The molecule has 3 nitrogen and oxygen atoms in total. The first-order chi connectivity index (χ1) is 9.71. The Hall–Kier alpha value is -0.690. The lowest BCUT2D eigenvalue weighted by Crippen LogP contribution is -2.40. The Morgan fingerprint density at radius 1 is 0.857 bits per heavy atom. The van der Waals surface area contributed by atoms with Crippen molar-refractivity contribution in [3.05, 3.63) is 63.0 Å². The first-order valence-corrected chi connectivity index (χ1v) is 9.33. The highest BCUT2D eigenvalue weighted by Gasteiger charge is 2.27. The van der Waals surface area contributed by atoms with E-state index in [0.29, 0.717) is 0 Å². The van der Waals surface area contributed by atoms with Crippen LogP contribution in [0, 0.1) is 0 Å². The fourth-order valence-electron chi connectivity index (χ4n) is 1.93. The first kappa shape index (κ1) is 16.7. The Morgan fingerprint density at radius 3 is 1.76 bits per heavy atom. The van der Waals surface area contributed by atoms with E-state index in [0.717, 1.165) is 14.5 Å². The van der Waals surface area contributed by atoms with Crippen LogP contribution in [0.25, 0.3) is 0 Å². The Labute approximate surface area is 142 Å². The van der Waals surface area contributed by atoms with E-state index in [2.05, 4.69) is 36.6 Å². The van der Waals surface area contributed by atoms with Gasteiger partial charge in [-0.05, 0) is 55.8 Å². The molecular weight excluding hydrogens is 418 g/mol. The molecule has 0 atom stereocenters. The fourth-order valence-corrected chi connectivity index (χ4v) is 3.86. The van der Waals surface area contributed by atoms with Crippen molar-refractivity contribution >= 4 is 41.9 Å². The summed E-state index contributed by atoms with van der Waals surface area (Å²) in [6.07, 6.45) is 0. The van der Waals surface area contributed by atoms with Crippen LogP contribution in [0.3, 0.4) is 0 Å². The Balaban J connectivity index is 2.30. The summed E-state index contributed by atoms with van der Waals surface area (Å²) in [5, 5.41) is 0. The second-order valence-corrected chi connectivity index (χ2v) is 8.71. The van der Waals surface area contributed by atoms with Gasteiger partial charge < -0.3 is 0 Å². The summed E-state index contributed by atoms with van der Waals surface area (Å²) in [6.45, 7) is 3.68. The third-order valence-electron chi connectivity index (χ3n) is 3.08. The molecule has 2 aromatic carbocycles. The topological polar surface area (TPSA) is 46.2 Å². The van der Waals surface area contributed by atoms with E-state index in [-0.39, 0.29) is 4.90 Å². The molecule has 0 bridgehead atoms. The molecule has 0 fully saturated rings. The molecule has 1 N–H and O–H groups in total. The Kier molecular flexibility index (Phi) is 4.92. The van der Waals surface area contributed by atoms with Gasteiger partial charge in [0.15, 0.2) is 0 Å². The van der Waals surface area contributed by atoms with E-state index < -0.39 is 15.6 Å². The van der Waals surface area contributed by atoms with Crippen molar-refractivity contribution in [3.63, 3.8) is 0 Å². The summed E-state index contributed by atoms with van der Waals surface area (Å²) in [7, 11) is -3.58. The van der Waals surface area contributed by atoms with E-state index in [1.54, 1.807) is 24.3 Å². The van der Waals surface area contributed by atoms with Crippen LogP contribution < -0.4 is 4.72 Å². The van der Waals surface area contributed by atoms with E-state index in [4.69, 9.17) is 0 Å². The van der Waals surface area contributed by atoms with Crippen LogP contribution in [-0.4, -0.2) is 8.42 Å². The molecule has 0 aliphatic heterocycles. The summed E-state index contributed by atoms with van der Waals surface area (Å²) in [5.41, 5.74) is 0.193. The molecule has 0 radical (unpaired) electrons. The van der Waals surface area contributed by atoms with Gasteiger partial charge in [0.1, 0.15) is 0 Å². The zero-order valence-corrected chi connectivity index (χ0v) is 15.6. The van der Waals surface area contributed by atoms with Crippen LogP contribution in [0.1, 0.15) is 19.4 Å². The third-order valence-corrected chi connectivity index (χ3v) is 5.81. The monoisotopic (exact) mass is 431 g/mol. The normalized spacial score (nSPS) is 12.4. The molecule has 0 unspecified atom stereocenters. The van der Waals surface area contributed by atoms with Gasteiger partial charge in [-0.3, -0.25) is 0 Å². The predicted molar refractivity (Wildman–Crippen MR) is 91.6 cm³/mol. The van der Waals surface area contributed by atoms with Crippen molar-refractivity contribution in [2.45, 2.75) is 24.3 Å². The molecule has 2 rings (SSSR count). The molecule has 0 saturated heterocycles. The van der Waals surface area contributed by atoms with Gasteiger partial charge in [-0.1, -0.05) is 44.0 Å². The second kappa shape index (κ2) is 6.20. The van der Waals surface area contributed by atoms with Gasteiger partial charge in [-0.2, -0.15) is 0 Å². The largest absolute Gasteiger partial charge is 0.241 e. The zero-order valence-electron chi connectivity index (χ0n) is 11.6. The van der Waals surface area contributed by atoms with Crippen molar-refractivity contribution in [2.75, 3.05) is 0 Å². The number of hydrogen-bond donors (Lipinski definition) is 1. The van der Waals surface area contributed by atoms with Crippen LogP contribution in [0.4, 0.5) is 0 Å². The van der Waals surface area contributed by atoms with Gasteiger partial charge in [-0.25, -0.2) is 13.1 Å². The maximum absolute atomic E-state index is 12.5. The van der Waals surface area contributed by atoms with Crippen molar-refractivity contribution in [1.29, 1.82) is 0 Å². The summed E-state index contributed by atoms with van der Waals surface area (Å²) >= 11 is 6.67. The molecule has 2 aromatic rings. The molecule has 0 saturated carbocycles. The average Bonchev–Trinajstić information content (AvgIpc) is 2.38. The van der Waals surface area contributed by atoms with Gasteiger partial charge in [0, 0.05) is 8.95 Å². The molecule has 6 heteroatoms. The summed E-state index contributed by atoms with van der Waals surface area (Å²) in [4.78, 5) is 0.246. The molecule has 0 amide bonds. The summed E-state index contributed by atoms with van der Waals surface area (Å²) in [5.74, 6) is 0. The highest BCUT2D eigenvalue weighted by atomic mass is 79.9. The number of hydrogen-bond acceptors (Lipinski definition) is 2.